The third-order valence-corrected chi connectivity index (χ3v) is 4.76. The van der Waals surface area contributed by atoms with Crippen LogP contribution < -0.4 is 10.5 Å². The Kier molecular flexibility index (Phi) is 3.59. The monoisotopic (exact) mass is 302 g/mol. The number of halogens is 1. The summed E-state index contributed by atoms with van der Waals surface area (Å²) < 4.78 is 22.7. The van der Waals surface area contributed by atoms with Crippen LogP contribution in [-0.2, 0) is 10.0 Å². The number of benzene rings is 1. The average molecular weight is 303 g/mol. The highest BCUT2D eigenvalue weighted by Gasteiger charge is 2.33. The lowest BCUT2D eigenvalue weighted by atomic mass is 9.78. The molecule has 104 valence electrons. The van der Waals surface area contributed by atoms with Gasteiger partial charge in [-0.1, -0.05) is 11.6 Å². The molecule has 1 fully saturated rings. The summed E-state index contributed by atoms with van der Waals surface area (Å²) in [6.45, 7) is 1.96. The highest BCUT2D eigenvalue weighted by molar-refractivity contribution is 7.89. The molecule has 19 heavy (non-hydrogen) atoms. The molecule has 5 nitrogen and oxygen atoms in total. The lowest BCUT2D eigenvalue weighted by molar-refractivity contribution is 0.0850. The van der Waals surface area contributed by atoms with E-state index in [0.717, 1.165) is 19.3 Å². The second-order valence-electron chi connectivity index (χ2n) is 5.06. The van der Waals surface area contributed by atoms with Crippen LogP contribution >= 0.6 is 11.6 Å². The van der Waals surface area contributed by atoms with Gasteiger partial charge in [-0.15, -0.1) is 0 Å². The Hall–Kier alpha value is -1.11. The molecule has 1 aliphatic carbocycles. The number of sulfonamides is 1. The van der Waals surface area contributed by atoms with Gasteiger partial charge >= 0.3 is 0 Å². The van der Waals surface area contributed by atoms with Gasteiger partial charge in [-0.25, -0.2) is 13.6 Å². The maximum Gasteiger partial charge on any atom is 0.251 e. The van der Waals surface area contributed by atoms with E-state index in [1.54, 1.807) is 0 Å². The molecule has 0 aromatic heterocycles. The Labute approximate surface area is 117 Å². The van der Waals surface area contributed by atoms with E-state index in [4.69, 9.17) is 16.7 Å². The minimum absolute atomic E-state index is 0.00825. The molecule has 1 saturated carbocycles. The van der Waals surface area contributed by atoms with E-state index in [2.05, 4.69) is 5.32 Å². The van der Waals surface area contributed by atoms with Gasteiger partial charge in [-0.2, -0.15) is 0 Å². The van der Waals surface area contributed by atoms with Crippen molar-refractivity contribution in [3.8, 4) is 0 Å². The van der Waals surface area contributed by atoms with Crippen LogP contribution in [0, 0.1) is 0 Å². The van der Waals surface area contributed by atoms with Crippen molar-refractivity contribution in [3.05, 3.63) is 28.8 Å². The van der Waals surface area contributed by atoms with Gasteiger partial charge in [-0.3, -0.25) is 4.79 Å². The second kappa shape index (κ2) is 4.77. The molecule has 1 amide bonds. The van der Waals surface area contributed by atoms with Crippen molar-refractivity contribution in [2.45, 2.75) is 36.6 Å². The Morgan fingerprint density at radius 3 is 2.53 bits per heavy atom. The predicted octanol–water partition coefficient (Wildman–Crippen LogP) is 1.66. The number of nitrogens with one attached hydrogen (secondary N) is 1. The van der Waals surface area contributed by atoms with E-state index in [9.17, 15) is 13.2 Å². The van der Waals surface area contributed by atoms with E-state index < -0.39 is 10.0 Å². The Morgan fingerprint density at radius 2 is 2.05 bits per heavy atom. The zero-order valence-electron chi connectivity index (χ0n) is 10.4. The largest absolute Gasteiger partial charge is 0.347 e. The zero-order chi connectivity index (χ0) is 14.3. The topological polar surface area (TPSA) is 89.3 Å². The van der Waals surface area contributed by atoms with Crippen molar-refractivity contribution in [1.29, 1.82) is 0 Å². The zero-order valence-corrected chi connectivity index (χ0v) is 12.0. The molecule has 3 N–H and O–H groups in total. The van der Waals surface area contributed by atoms with Gasteiger partial charge in [0, 0.05) is 11.1 Å². The lowest BCUT2D eigenvalue weighted by Crippen LogP contribution is -2.50. The normalized spacial score (nSPS) is 17.6. The molecule has 0 spiro atoms. The van der Waals surface area contributed by atoms with Crippen molar-refractivity contribution in [2.24, 2.45) is 5.14 Å². The van der Waals surface area contributed by atoms with E-state index in [0.29, 0.717) is 0 Å². The first-order valence-electron chi connectivity index (χ1n) is 5.86. The number of carbonyl (C=O) groups is 1. The molecule has 0 saturated heterocycles. The highest BCUT2D eigenvalue weighted by Crippen LogP contribution is 2.31. The first kappa shape index (κ1) is 14.3. The maximum absolute atomic E-state index is 12.1. The van der Waals surface area contributed by atoms with Crippen LogP contribution in [0.15, 0.2) is 23.1 Å². The van der Waals surface area contributed by atoms with Crippen LogP contribution in [0.3, 0.4) is 0 Å². The summed E-state index contributed by atoms with van der Waals surface area (Å²) in [4.78, 5) is 11.8. The van der Waals surface area contributed by atoms with Crippen LogP contribution in [0.2, 0.25) is 5.02 Å². The Morgan fingerprint density at radius 1 is 1.42 bits per heavy atom. The molecule has 1 aliphatic rings. The SMILES string of the molecule is CC1(NC(=O)c2ccc(Cl)c(S(N)(=O)=O)c2)CCC1. The number of carbonyl (C=O) groups excluding carboxylic acids is 1. The molecule has 0 aliphatic heterocycles. The fourth-order valence-corrected chi connectivity index (χ4v) is 3.11. The van der Waals surface area contributed by atoms with Crippen molar-refractivity contribution in [1.82, 2.24) is 5.32 Å². The van der Waals surface area contributed by atoms with E-state index in [1.165, 1.54) is 18.2 Å². The highest BCUT2D eigenvalue weighted by atomic mass is 35.5. The van der Waals surface area contributed by atoms with Crippen molar-refractivity contribution in [3.63, 3.8) is 0 Å². The molecule has 1 aromatic rings. The van der Waals surface area contributed by atoms with Crippen LogP contribution in [0.25, 0.3) is 0 Å². The first-order valence-corrected chi connectivity index (χ1v) is 7.79. The van der Waals surface area contributed by atoms with Gasteiger partial charge < -0.3 is 5.32 Å². The van der Waals surface area contributed by atoms with Crippen LogP contribution in [0.1, 0.15) is 36.5 Å². The Bertz CT molecular complexity index is 624. The van der Waals surface area contributed by atoms with Gasteiger partial charge in [0.15, 0.2) is 0 Å². The van der Waals surface area contributed by atoms with E-state index >= 15 is 0 Å². The summed E-state index contributed by atoms with van der Waals surface area (Å²) in [5, 5.41) is 7.95. The number of primary sulfonamides is 1. The molecule has 0 radical (unpaired) electrons. The number of nitrogens with two attached hydrogens (primary N) is 1. The average Bonchev–Trinajstić information content (AvgIpc) is 2.25. The molecule has 0 bridgehead atoms. The third kappa shape index (κ3) is 3.08. The molecule has 0 heterocycles. The predicted molar refractivity (Wildman–Crippen MR) is 72.5 cm³/mol. The van der Waals surface area contributed by atoms with Gasteiger partial charge in [-0.05, 0) is 44.4 Å². The van der Waals surface area contributed by atoms with Gasteiger partial charge in [0.25, 0.3) is 5.91 Å². The second-order valence-corrected chi connectivity index (χ2v) is 7.00. The van der Waals surface area contributed by atoms with Gasteiger partial charge in [0.1, 0.15) is 4.90 Å². The van der Waals surface area contributed by atoms with Crippen molar-refractivity contribution in [2.75, 3.05) is 0 Å². The first-order chi connectivity index (χ1) is 8.71. The number of rotatable bonds is 3. The number of amides is 1. The maximum atomic E-state index is 12.1. The number of hydrogen-bond acceptors (Lipinski definition) is 3. The number of hydrogen-bond donors (Lipinski definition) is 2. The fourth-order valence-electron chi connectivity index (χ4n) is 2.04. The summed E-state index contributed by atoms with van der Waals surface area (Å²) >= 11 is 5.77. The molecular formula is C12H15ClN2O3S. The molecule has 0 atom stereocenters. The van der Waals surface area contributed by atoms with E-state index in [1.807, 2.05) is 6.92 Å². The van der Waals surface area contributed by atoms with Crippen LogP contribution in [-0.4, -0.2) is 19.9 Å². The third-order valence-electron chi connectivity index (χ3n) is 3.37. The standard InChI is InChI=1S/C12H15ClN2O3S/c1-12(5-2-6-12)15-11(16)8-3-4-9(13)10(7-8)19(14,17)18/h3-4,7H,2,5-6H2,1H3,(H,15,16)(H2,14,17,18). The summed E-state index contributed by atoms with van der Waals surface area (Å²) in [7, 11) is -3.94. The summed E-state index contributed by atoms with van der Waals surface area (Å²) in [5.41, 5.74) is 0.0416. The summed E-state index contributed by atoms with van der Waals surface area (Å²) in [5.74, 6) is -0.316. The van der Waals surface area contributed by atoms with Crippen LogP contribution in [0.5, 0.6) is 0 Å². The molecule has 0 unspecified atom stereocenters. The fraction of sp³-hybridized carbons (Fsp3) is 0.417. The summed E-state index contributed by atoms with van der Waals surface area (Å²) in [6, 6.07) is 4.04. The van der Waals surface area contributed by atoms with Crippen LogP contribution in [0.4, 0.5) is 0 Å². The molecule has 7 heteroatoms. The minimum Gasteiger partial charge on any atom is -0.347 e. The quantitative estimate of drug-likeness (QED) is 0.890. The van der Waals surface area contributed by atoms with E-state index in [-0.39, 0.29) is 26.9 Å². The Balaban J connectivity index is 2.28. The molecule has 1 aromatic carbocycles. The van der Waals surface area contributed by atoms with Gasteiger partial charge in [0.2, 0.25) is 10.0 Å². The summed E-state index contributed by atoms with van der Waals surface area (Å²) in [6.07, 6.45) is 2.93. The lowest BCUT2D eigenvalue weighted by Gasteiger charge is -2.39. The molecular weight excluding hydrogens is 288 g/mol. The van der Waals surface area contributed by atoms with Crippen molar-refractivity contribution >= 4 is 27.5 Å². The van der Waals surface area contributed by atoms with Crippen molar-refractivity contribution < 1.29 is 13.2 Å². The minimum atomic E-state index is -3.94. The molecule has 2 rings (SSSR count). The smallest absolute Gasteiger partial charge is 0.251 e. The van der Waals surface area contributed by atoms with Gasteiger partial charge in [0.05, 0.1) is 5.02 Å².